The van der Waals surface area contributed by atoms with Gasteiger partial charge in [0.15, 0.2) is 0 Å². The van der Waals surface area contributed by atoms with Crippen LogP contribution in [-0.2, 0) is 0 Å². The molecule has 0 aliphatic heterocycles. The van der Waals surface area contributed by atoms with Crippen LogP contribution < -0.4 is 9.47 Å². The van der Waals surface area contributed by atoms with Crippen molar-refractivity contribution >= 4 is 0 Å². The van der Waals surface area contributed by atoms with Gasteiger partial charge in [-0.3, -0.25) is 0 Å². The molecule has 0 N–H and O–H groups in total. The molecule has 0 atom stereocenters. The zero-order valence-electron chi connectivity index (χ0n) is 10.8. The molecule has 0 amide bonds. The first kappa shape index (κ1) is 12.8. The van der Waals surface area contributed by atoms with Gasteiger partial charge in [0, 0.05) is 6.07 Å². The van der Waals surface area contributed by atoms with Crippen molar-refractivity contribution in [1.82, 2.24) is 0 Å². The molecule has 0 aromatic heterocycles. The minimum Gasteiger partial charge on any atom is -0.497 e. The van der Waals surface area contributed by atoms with Crippen LogP contribution in [0.1, 0.15) is 44.1 Å². The average molecular weight is 245 g/mol. The predicted octanol–water partition coefficient (Wildman–Crippen LogP) is 3.67. The molecule has 18 heavy (non-hydrogen) atoms. The van der Waals surface area contributed by atoms with Gasteiger partial charge in [-0.1, -0.05) is 12.8 Å². The summed E-state index contributed by atoms with van der Waals surface area (Å²) in [6.45, 7) is 0. The summed E-state index contributed by atoms with van der Waals surface area (Å²) in [7, 11) is 1.60. The maximum absolute atomic E-state index is 8.97. The van der Waals surface area contributed by atoms with E-state index in [-0.39, 0.29) is 6.10 Å². The fraction of sp³-hybridized carbons (Fsp3) is 0.533. The summed E-state index contributed by atoms with van der Waals surface area (Å²) in [4.78, 5) is 0. The zero-order valence-corrected chi connectivity index (χ0v) is 10.8. The highest BCUT2D eigenvalue weighted by molar-refractivity contribution is 5.43. The Morgan fingerprint density at radius 1 is 1.06 bits per heavy atom. The minimum atomic E-state index is 0.283. The van der Waals surface area contributed by atoms with Crippen LogP contribution in [-0.4, -0.2) is 13.2 Å². The number of ether oxygens (including phenoxy) is 2. The van der Waals surface area contributed by atoms with Crippen LogP contribution in [0.4, 0.5) is 0 Å². The Bertz CT molecular complexity index is 429. The number of methoxy groups -OCH3 is 1. The molecule has 1 aliphatic rings. The number of rotatable bonds is 3. The first-order valence-corrected chi connectivity index (χ1v) is 6.57. The summed E-state index contributed by atoms with van der Waals surface area (Å²) in [6.07, 6.45) is 7.59. The maximum atomic E-state index is 8.97. The molecule has 0 heterocycles. The minimum absolute atomic E-state index is 0.283. The molecule has 1 saturated carbocycles. The van der Waals surface area contributed by atoms with Crippen molar-refractivity contribution in [3.63, 3.8) is 0 Å². The summed E-state index contributed by atoms with van der Waals surface area (Å²) in [6, 6.07) is 7.49. The molecule has 0 bridgehead atoms. The van der Waals surface area contributed by atoms with Crippen molar-refractivity contribution in [1.29, 1.82) is 5.26 Å². The highest BCUT2D eigenvalue weighted by Crippen LogP contribution is 2.27. The van der Waals surface area contributed by atoms with E-state index in [4.69, 9.17) is 14.7 Å². The van der Waals surface area contributed by atoms with Crippen molar-refractivity contribution in [2.24, 2.45) is 0 Å². The van der Waals surface area contributed by atoms with Crippen LogP contribution in [0.2, 0.25) is 0 Å². The third-order valence-electron chi connectivity index (χ3n) is 3.35. The molecule has 3 nitrogen and oxygen atoms in total. The van der Waals surface area contributed by atoms with Crippen molar-refractivity contribution in [3.8, 4) is 17.6 Å². The normalized spacial score (nSPS) is 16.7. The Kier molecular flexibility index (Phi) is 4.46. The smallest absolute Gasteiger partial charge is 0.124 e. The second kappa shape index (κ2) is 6.30. The number of benzene rings is 1. The van der Waals surface area contributed by atoms with Crippen molar-refractivity contribution in [3.05, 3.63) is 23.8 Å². The molecule has 0 unspecified atom stereocenters. The Labute approximate surface area is 108 Å². The predicted molar refractivity (Wildman–Crippen MR) is 69.8 cm³/mol. The highest BCUT2D eigenvalue weighted by Gasteiger charge is 2.14. The maximum Gasteiger partial charge on any atom is 0.124 e. The fourth-order valence-electron chi connectivity index (χ4n) is 2.37. The Morgan fingerprint density at radius 2 is 1.72 bits per heavy atom. The molecule has 96 valence electrons. The van der Waals surface area contributed by atoms with Gasteiger partial charge in [-0.25, -0.2) is 0 Å². The van der Waals surface area contributed by atoms with Crippen LogP contribution in [0.15, 0.2) is 18.2 Å². The van der Waals surface area contributed by atoms with E-state index in [1.807, 2.05) is 6.07 Å². The van der Waals surface area contributed by atoms with Crippen molar-refractivity contribution < 1.29 is 9.47 Å². The average Bonchev–Trinajstić information content (AvgIpc) is 2.67. The highest BCUT2D eigenvalue weighted by atomic mass is 16.5. The largest absolute Gasteiger partial charge is 0.497 e. The standard InChI is InChI=1S/C15H19NO2/c1-17-14-8-12(11-16)9-15(10-14)18-13-6-4-2-3-5-7-13/h8-10,13H,2-7H2,1H3. The molecule has 1 fully saturated rings. The molecule has 1 aromatic carbocycles. The van der Waals surface area contributed by atoms with E-state index in [9.17, 15) is 0 Å². The lowest BCUT2D eigenvalue weighted by Crippen LogP contribution is -2.15. The lowest BCUT2D eigenvalue weighted by molar-refractivity contribution is 0.183. The summed E-state index contributed by atoms with van der Waals surface area (Å²) in [5, 5.41) is 8.97. The lowest BCUT2D eigenvalue weighted by Gasteiger charge is -2.17. The van der Waals surface area contributed by atoms with E-state index in [1.165, 1.54) is 25.7 Å². The summed E-state index contributed by atoms with van der Waals surface area (Å²) >= 11 is 0. The molecule has 1 aromatic rings. The Balaban J connectivity index is 2.09. The van der Waals surface area contributed by atoms with E-state index in [0.717, 1.165) is 18.6 Å². The molecule has 0 radical (unpaired) electrons. The molecule has 3 heteroatoms. The second-order valence-electron chi connectivity index (χ2n) is 4.74. The van der Waals surface area contributed by atoms with E-state index in [1.54, 1.807) is 19.2 Å². The van der Waals surface area contributed by atoms with Gasteiger partial charge in [0.25, 0.3) is 0 Å². The van der Waals surface area contributed by atoms with Gasteiger partial charge < -0.3 is 9.47 Å². The van der Waals surface area contributed by atoms with Crippen LogP contribution in [0.3, 0.4) is 0 Å². The second-order valence-corrected chi connectivity index (χ2v) is 4.74. The fourth-order valence-corrected chi connectivity index (χ4v) is 2.37. The summed E-state index contributed by atoms with van der Waals surface area (Å²) in [5.41, 5.74) is 0.581. The molecular formula is C15H19NO2. The van der Waals surface area contributed by atoms with Gasteiger partial charge in [0.1, 0.15) is 11.5 Å². The molecular weight excluding hydrogens is 226 g/mol. The third-order valence-corrected chi connectivity index (χ3v) is 3.35. The molecule has 0 spiro atoms. The van der Waals surface area contributed by atoms with Gasteiger partial charge in [-0.05, 0) is 37.8 Å². The van der Waals surface area contributed by atoms with Crippen molar-refractivity contribution in [2.45, 2.75) is 44.6 Å². The van der Waals surface area contributed by atoms with Gasteiger partial charge in [-0.15, -0.1) is 0 Å². The van der Waals surface area contributed by atoms with E-state index in [0.29, 0.717) is 11.3 Å². The van der Waals surface area contributed by atoms with Gasteiger partial charge in [-0.2, -0.15) is 5.26 Å². The summed E-state index contributed by atoms with van der Waals surface area (Å²) in [5.74, 6) is 1.43. The Morgan fingerprint density at radius 3 is 2.33 bits per heavy atom. The third kappa shape index (κ3) is 3.40. The number of hydrogen-bond donors (Lipinski definition) is 0. The van der Waals surface area contributed by atoms with Gasteiger partial charge in [0.05, 0.1) is 24.8 Å². The lowest BCUT2D eigenvalue weighted by atomic mass is 10.1. The quantitative estimate of drug-likeness (QED) is 0.763. The number of nitrogens with zero attached hydrogens (tertiary/aromatic N) is 1. The zero-order chi connectivity index (χ0) is 12.8. The monoisotopic (exact) mass is 245 g/mol. The van der Waals surface area contributed by atoms with Crippen LogP contribution >= 0.6 is 0 Å². The first-order valence-electron chi connectivity index (χ1n) is 6.57. The van der Waals surface area contributed by atoms with Gasteiger partial charge >= 0.3 is 0 Å². The van der Waals surface area contributed by atoms with Crippen LogP contribution in [0.5, 0.6) is 11.5 Å². The first-order chi connectivity index (χ1) is 8.81. The van der Waals surface area contributed by atoms with Crippen LogP contribution in [0.25, 0.3) is 0 Å². The van der Waals surface area contributed by atoms with E-state index < -0.39 is 0 Å². The topological polar surface area (TPSA) is 42.2 Å². The Hall–Kier alpha value is -1.69. The molecule has 2 rings (SSSR count). The van der Waals surface area contributed by atoms with E-state index in [2.05, 4.69) is 6.07 Å². The number of nitriles is 1. The van der Waals surface area contributed by atoms with E-state index >= 15 is 0 Å². The summed E-state index contributed by atoms with van der Waals surface area (Å²) < 4.78 is 11.2. The molecule has 1 aliphatic carbocycles. The SMILES string of the molecule is COc1cc(C#N)cc(OC2CCCCCC2)c1. The number of hydrogen-bond acceptors (Lipinski definition) is 3. The van der Waals surface area contributed by atoms with Crippen molar-refractivity contribution in [2.75, 3.05) is 7.11 Å². The van der Waals surface area contributed by atoms with Gasteiger partial charge in [0.2, 0.25) is 0 Å². The van der Waals surface area contributed by atoms with Crippen LogP contribution in [0, 0.1) is 11.3 Å². The molecule has 0 saturated heterocycles.